The van der Waals surface area contributed by atoms with E-state index < -0.39 is 0 Å². The Bertz CT molecular complexity index is 659. The molecule has 0 amide bonds. The zero-order valence-electron chi connectivity index (χ0n) is 10.1. The van der Waals surface area contributed by atoms with E-state index in [2.05, 4.69) is 5.16 Å². The lowest BCUT2D eigenvalue weighted by atomic mass is 10.2. The first-order valence-corrected chi connectivity index (χ1v) is 5.86. The highest BCUT2D eigenvalue weighted by molar-refractivity contribution is 5.80. The third-order valence-corrected chi connectivity index (χ3v) is 2.87. The number of hydrogen-bond donors (Lipinski definition) is 0. The van der Waals surface area contributed by atoms with Crippen molar-refractivity contribution in [2.24, 2.45) is 0 Å². The van der Waals surface area contributed by atoms with Gasteiger partial charge in [0.1, 0.15) is 12.4 Å². The van der Waals surface area contributed by atoms with Crippen LogP contribution in [-0.2, 0) is 6.61 Å². The molecular formula is C15H13NO2. The zero-order chi connectivity index (χ0) is 12.4. The first-order valence-electron chi connectivity index (χ1n) is 5.86. The molecule has 1 aromatic heterocycles. The van der Waals surface area contributed by atoms with E-state index in [0.29, 0.717) is 6.61 Å². The van der Waals surface area contributed by atoms with E-state index in [1.54, 1.807) is 0 Å². The van der Waals surface area contributed by atoms with Crippen LogP contribution in [0.5, 0.6) is 5.75 Å². The summed E-state index contributed by atoms with van der Waals surface area (Å²) in [6, 6.07) is 15.9. The SMILES string of the molecule is Cc1noc2cc(OCc3ccccc3)ccc12. The maximum atomic E-state index is 5.72. The van der Waals surface area contributed by atoms with E-state index in [4.69, 9.17) is 9.26 Å². The molecular weight excluding hydrogens is 226 g/mol. The Morgan fingerprint density at radius 3 is 2.78 bits per heavy atom. The Hall–Kier alpha value is -2.29. The second kappa shape index (κ2) is 4.53. The summed E-state index contributed by atoms with van der Waals surface area (Å²) < 4.78 is 10.9. The molecule has 0 unspecified atom stereocenters. The molecule has 2 aromatic carbocycles. The molecule has 0 saturated carbocycles. The lowest BCUT2D eigenvalue weighted by molar-refractivity contribution is 0.306. The number of nitrogens with zero attached hydrogens (tertiary/aromatic N) is 1. The minimum Gasteiger partial charge on any atom is -0.489 e. The highest BCUT2D eigenvalue weighted by Crippen LogP contribution is 2.23. The van der Waals surface area contributed by atoms with Gasteiger partial charge in [-0.25, -0.2) is 0 Å². The van der Waals surface area contributed by atoms with Crippen LogP contribution in [-0.4, -0.2) is 5.16 Å². The Kier molecular flexibility index (Phi) is 2.73. The molecule has 0 radical (unpaired) electrons. The van der Waals surface area contributed by atoms with Crippen LogP contribution in [0.1, 0.15) is 11.3 Å². The summed E-state index contributed by atoms with van der Waals surface area (Å²) in [5.41, 5.74) is 2.81. The third kappa shape index (κ3) is 2.07. The van der Waals surface area contributed by atoms with Gasteiger partial charge < -0.3 is 9.26 Å². The molecule has 0 bridgehead atoms. The lowest BCUT2D eigenvalue weighted by Crippen LogP contribution is -1.94. The van der Waals surface area contributed by atoms with E-state index in [1.807, 2.05) is 55.5 Å². The molecule has 0 saturated heterocycles. The molecule has 3 rings (SSSR count). The molecule has 3 heteroatoms. The van der Waals surface area contributed by atoms with Gasteiger partial charge in [-0.15, -0.1) is 0 Å². The predicted molar refractivity (Wildman–Crippen MR) is 69.5 cm³/mol. The van der Waals surface area contributed by atoms with Gasteiger partial charge in [-0.2, -0.15) is 0 Å². The molecule has 90 valence electrons. The van der Waals surface area contributed by atoms with E-state index >= 15 is 0 Å². The molecule has 0 N–H and O–H groups in total. The number of aromatic nitrogens is 1. The quantitative estimate of drug-likeness (QED) is 0.698. The highest BCUT2D eigenvalue weighted by atomic mass is 16.5. The fourth-order valence-electron chi connectivity index (χ4n) is 1.87. The zero-order valence-corrected chi connectivity index (χ0v) is 10.1. The summed E-state index contributed by atoms with van der Waals surface area (Å²) in [4.78, 5) is 0. The van der Waals surface area contributed by atoms with Gasteiger partial charge in [-0.05, 0) is 24.6 Å². The Balaban J connectivity index is 1.79. The number of benzene rings is 2. The predicted octanol–water partition coefficient (Wildman–Crippen LogP) is 3.72. The standard InChI is InChI=1S/C15H13NO2/c1-11-14-8-7-13(9-15(14)18-16-11)17-10-12-5-3-2-4-6-12/h2-9H,10H2,1H3. The molecule has 3 aromatic rings. The van der Waals surface area contributed by atoms with Crippen molar-refractivity contribution in [3.05, 3.63) is 59.8 Å². The van der Waals surface area contributed by atoms with Crippen molar-refractivity contribution in [3.63, 3.8) is 0 Å². The number of hydrogen-bond acceptors (Lipinski definition) is 3. The van der Waals surface area contributed by atoms with Crippen LogP contribution in [0.25, 0.3) is 11.0 Å². The molecule has 0 aliphatic heterocycles. The molecule has 0 atom stereocenters. The van der Waals surface area contributed by atoms with E-state index in [1.165, 1.54) is 0 Å². The molecule has 0 aliphatic rings. The van der Waals surface area contributed by atoms with Crippen LogP contribution in [0, 0.1) is 6.92 Å². The van der Waals surface area contributed by atoms with Crippen molar-refractivity contribution in [2.75, 3.05) is 0 Å². The van der Waals surface area contributed by atoms with Crippen molar-refractivity contribution in [1.29, 1.82) is 0 Å². The number of rotatable bonds is 3. The number of aryl methyl sites for hydroxylation is 1. The van der Waals surface area contributed by atoms with Crippen molar-refractivity contribution in [2.45, 2.75) is 13.5 Å². The van der Waals surface area contributed by atoms with Crippen molar-refractivity contribution in [1.82, 2.24) is 5.16 Å². The van der Waals surface area contributed by atoms with Gasteiger partial charge in [0.15, 0.2) is 5.58 Å². The van der Waals surface area contributed by atoms with Crippen LogP contribution < -0.4 is 4.74 Å². The van der Waals surface area contributed by atoms with Crippen molar-refractivity contribution < 1.29 is 9.26 Å². The molecule has 18 heavy (non-hydrogen) atoms. The normalized spacial score (nSPS) is 10.7. The van der Waals surface area contributed by atoms with Crippen LogP contribution in [0.3, 0.4) is 0 Å². The second-order valence-corrected chi connectivity index (χ2v) is 4.20. The second-order valence-electron chi connectivity index (χ2n) is 4.20. The smallest absolute Gasteiger partial charge is 0.170 e. The largest absolute Gasteiger partial charge is 0.489 e. The fourth-order valence-corrected chi connectivity index (χ4v) is 1.87. The van der Waals surface area contributed by atoms with Crippen LogP contribution in [0.4, 0.5) is 0 Å². The average Bonchev–Trinajstić information content (AvgIpc) is 2.79. The maximum Gasteiger partial charge on any atom is 0.170 e. The van der Waals surface area contributed by atoms with Crippen LogP contribution in [0.15, 0.2) is 53.1 Å². The number of fused-ring (bicyclic) bond motifs is 1. The van der Waals surface area contributed by atoms with Gasteiger partial charge >= 0.3 is 0 Å². The number of ether oxygens (including phenoxy) is 1. The summed E-state index contributed by atoms with van der Waals surface area (Å²) >= 11 is 0. The van der Waals surface area contributed by atoms with E-state index in [-0.39, 0.29) is 0 Å². The van der Waals surface area contributed by atoms with Gasteiger partial charge in [0.05, 0.1) is 5.69 Å². The lowest BCUT2D eigenvalue weighted by Gasteiger charge is -2.05. The summed E-state index contributed by atoms with van der Waals surface area (Å²) in [7, 11) is 0. The average molecular weight is 239 g/mol. The highest BCUT2D eigenvalue weighted by Gasteiger charge is 2.05. The summed E-state index contributed by atoms with van der Waals surface area (Å²) in [5, 5.41) is 4.95. The first kappa shape index (κ1) is 10.8. The molecule has 0 spiro atoms. The van der Waals surface area contributed by atoms with Gasteiger partial charge in [0, 0.05) is 11.5 Å². The topological polar surface area (TPSA) is 35.3 Å². The molecule has 0 fully saturated rings. The summed E-state index contributed by atoms with van der Waals surface area (Å²) in [6.07, 6.45) is 0. The van der Waals surface area contributed by atoms with Gasteiger partial charge in [-0.1, -0.05) is 35.5 Å². The van der Waals surface area contributed by atoms with Crippen molar-refractivity contribution in [3.8, 4) is 5.75 Å². The molecule has 0 aliphatic carbocycles. The van der Waals surface area contributed by atoms with Gasteiger partial charge in [-0.3, -0.25) is 0 Å². The van der Waals surface area contributed by atoms with Crippen LogP contribution >= 0.6 is 0 Å². The minimum absolute atomic E-state index is 0.555. The molecule has 3 nitrogen and oxygen atoms in total. The maximum absolute atomic E-state index is 5.72. The third-order valence-electron chi connectivity index (χ3n) is 2.87. The summed E-state index contributed by atoms with van der Waals surface area (Å²) in [6.45, 7) is 2.48. The minimum atomic E-state index is 0.555. The Morgan fingerprint density at radius 1 is 1.11 bits per heavy atom. The van der Waals surface area contributed by atoms with E-state index in [0.717, 1.165) is 28.0 Å². The van der Waals surface area contributed by atoms with Crippen LogP contribution in [0.2, 0.25) is 0 Å². The summed E-state index contributed by atoms with van der Waals surface area (Å²) in [5.74, 6) is 0.794. The van der Waals surface area contributed by atoms with Gasteiger partial charge in [0.25, 0.3) is 0 Å². The Morgan fingerprint density at radius 2 is 1.94 bits per heavy atom. The molecule has 1 heterocycles. The van der Waals surface area contributed by atoms with Gasteiger partial charge in [0.2, 0.25) is 0 Å². The first-order chi connectivity index (χ1) is 8.83. The Labute approximate surface area is 105 Å². The monoisotopic (exact) mass is 239 g/mol. The fraction of sp³-hybridized carbons (Fsp3) is 0.133. The van der Waals surface area contributed by atoms with Crippen molar-refractivity contribution >= 4 is 11.0 Å². The van der Waals surface area contributed by atoms with E-state index in [9.17, 15) is 0 Å².